The number of nitro benzene ring substituents is 1. The van der Waals surface area contributed by atoms with Gasteiger partial charge in [-0.05, 0) is 6.07 Å². The number of hydrogen-bond donors (Lipinski definition) is 2. The number of anilines is 1. The lowest BCUT2D eigenvalue weighted by Gasteiger charge is -2.08. The summed E-state index contributed by atoms with van der Waals surface area (Å²) in [6, 6.07) is 0.982. The summed E-state index contributed by atoms with van der Waals surface area (Å²) in [6.07, 6.45) is 0. The van der Waals surface area contributed by atoms with Gasteiger partial charge in [0.05, 0.1) is 15.6 Å². The number of nitrogens with one attached hydrogen (secondary N) is 1. The van der Waals surface area contributed by atoms with Crippen molar-refractivity contribution in [3.63, 3.8) is 0 Å². The van der Waals surface area contributed by atoms with Crippen LogP contribution in [0.4, 0.5) is 11.4 Å². The van der Waals surface area contributed by atoms with E-state index in [1.165, 1.54) is 0 Å². The highest BCUT2D eigenvalue weighted by Gasteiger charge is 2.40. The first-order chi connectivity index (χ1) is 9.79. The van der Waals surface area contributed by atoms with Crippen LogP contribution in [0.25, 0.3) is 0 Å². The summed E-state index contributed by atoms with van der Waals surface area (Å²) >= 11 is 11.4. The Morgan fingerprint density at radius 3 is 2.38 bits per heavy atom. The predicted molar refractivity (Wildman–Crippen MR) is 70.3 cm³/mol. The number of carbonyl (C=O) groups is 3. The van der Waals surface area contributed by atoms with Gasteiger partial charge in [0, 0.05) is 0 Å². The zero-order valence-corrected chi connectivity index (χ0v) is 11.2. The van der Waals surface area contributed by atoms with Crippen LogP contribution in [-0.4, -0.2) is 33.3 Å². The molecule has 2 rings (SSSR count). The van der Waals surface area contributed by atoms with Gasteiger partial charge in [-0.2, -0.15) is 0 Å². The fraction of sp³-hybridized carbons (Fsp3) is 0. The van der Waals surface area contributed by atoms with Crippen molar-refractivity contribution < 1.29 is 24.5 Å². The SMILES string of the molecule is O=C1Nc2cc(Cl)c(Cl)c([N+](=O)[O-])c2C(=O)C(=O)C1=NO. The van der Waals surface area contributed by atoms with Crippen LogP contribution in [0.1, 0.15) is 10.4 Å². The van der Waals surface area contributed by atoms with Gasteiger partial charge in [0.2, 0.25) is 11.5 Å². The standard InChI is InChI=1S/C10H3Cl2N3O6/c11-2-1-3-4(7(5(2)12)15(20)21)8(16)9(17)6(14-19)10(18)13-3/h1,19H,(H,13,18). The first kappa shape index (κ1) is 14.9. The molecule has 0 fully saturated rings. The van der Waals surface area contributed by atoms with E-state index in [-0.39, 0.29) is 10.7 Å². The molecule has 0 bridgehead atoms. The van der Waals surface area contributed by atoms with E-state index in [1.807, 2.05) is 5.32 Å². The number of rotatable bonds is 1. The number of carbonyl (C=O) groups excluding carboxylic acids is 3. The summed E-state index contributed by atoms with van der Waals surface area (Å²) in [7, 11) is 0. The third-order valence-corrected chi connectivity index (χ3v) is 3.37. The van der Waals surface area contributed by atoms with Gasteiger partial charge >= 0.3 is 5.69 Å². The fourth-order valence-corrected chi connectivity index (χ4v) is 2.13. The van der Waals surface area contributed by atoms with E-state index in [1.54, 1.807) is 0 Å². The number of nitrogens with zero attached hydrogens (tertiary/aromatic N) is 2. The molecule has 0 atom stereocenters. The minimum atomic E-state index is -1.50. The van der Waals surface area contributed by atoms with E-state index < -0.39 is 44.4 Å². The van der Waals surface area contributed by atoms with Crippen LogP contribution in [0.3, 0.4) is 0 Å². The number of hydrogen-bond acceptors (Lipinski definition) is 7. The average molecular weight is 332 g/mol. The van der Waals surface area contributed by atoms with Gasteiger partial charge < -0.3 is 10.5 Å². The molecule has 9 nitrogen and oxygen atoms in total. The minimum absolute atomic E-state index is 0.299. The molecule has 1 amide bonds. The highest BCUT2D eigenvalue weighted by Crippen LogP contribution is 2.40. The maximum Gasteiger partial charge on any atom is 0.302 e. The molecule has 0 radical (unpaired) electrons. The van der Waals surface area contributed by atoms with Crippen molar-refractivity contribution in [1.82, 2.24) is 0 Å². The molecule has 0 saturated carbocycles. The Bertz CT molecular complexity index is 758. The number of nitro groups is 1. The third kappa shape index (κ3) is 2.22. The highest BCUT2D eigenvalue weighted by molar-refractivity contribution is 6.83. The Balaban J connectivity index is 2.87. The lowest BCUT2D eigenvalue weighted by Crippen LogP contribution is -2.31. The quantitative estimate of drug-likeness (QED) is 0.345. The molecule has 0 spiro atoms. The second kappa shape index (κ2) is 5.11. The molecule has 1 aromatic carbocycles. The molecule has 0 aliphatic carbocycles. The van der Waals surface area contributed by atoms with E-state index in [2.05, 4.69) is 5.16 Å². The zero-order valence-electron chi connectivity index (χ0n) is 9.72. The van der Waals surface area contributed by atoms with Gasteiger partial charge in [-0.25, -0.2) is 0 Å². The Kier molecular flexibility index (Phi) is 3.62. The molecule has 1 aromatic rings. The Hall–Kier alpha value is -2.52. The Labute approximate surface area is 125 Å². The van der Waals surface area contributed by atoms with Crippen molar-refractivity contribution in [3.05, 3.63) is 31.8 Å². The first-order valence-electron chi connectivity index (χ1n) is 5.08. The molecule has 1 aliphatic rings. The number of halogens is 2. The Morgan fingerprint density at radius 2 is 1.86 bits per heavy atom. The molecule has 0 aromatic heterocycles. The predicted octanol–water partition coefficient (Wildman–Crippen LogP) is 1.44. The molecule has 1 heterocycles. The number of benzene rings is 1. The number of oxime groups is 1. The lowest BCUT2D eigenvalue weighted by atomic mass is 10.0. The molecule has 108 valence electrons. The van der Waals surface area contributed by atoms with Crippen molar-refractivity contribution in [2.45, 2.75) is 0 Å². The summed E-state index contributed by atoms with van der Waals surface area (Å²) in [4.78, 5) is 45.4. The van der Waals surface area contributed by atoms with E-state index in [0.29, 0.717) is 0 Å². The minimum Gasteiger partial charge on any atom is -0.410 e. The van der Waals surface area contributed by atoms with Crippen molar-refractivity contribution in [3.8, 4) is 0 Å². The number of ketones is 2. The summed E-state index contributed by atoms with van der Waals surface area (Å²) in [5, 5.41) is 23.3. The summed E-state index contributed by atoms with van der Waals surface area (Å²) < 4.78 is 0. The van der Waals surface area contributed by atoms with Crippen molar-refractivity contribution in [2.75, 3.05) is 5.32 Å². The van der Waals surface area contributed by atoms with Crippen LogP contribution < -0.4 is 5.32 Å². The molecule has 0 unspecified atom stereocenters. The smallest absolute Gasteiger partial charge is 0.302 e. The average Bonchev–Trinajstić information content (AvgIpc) is 2.48. The summed E-state index contributed by atoms with van der Waals surface area (Å²) in [5.41, 5.74) is -3.13. The van der Waals surface area contributed by atoms with Gasteiger partial charge in [-0.15, -0.1) is 0 Å². The van der Waals surface area contributed by atoms with Crippen molar-refractivity contribution >= 4 is 57.8 Å². The Morgan fingerprint density at radius 1 is 1.24 bits per heavy atom. The normalized spacial score (nSPS) is 16.5. The van der Waals surface area contributed by atoms with Gasteiger partial charge in [-0.1, -0.05) is 28.4 Å². The maximum atomic E-state index is 12.0. The van der Waals surface area contributed by atoms with Crippen molar-refractivity contribution in [2.24, 2.45) is 5.16 Å². The summed E-state index contributed by atoms with van der Waals surface area (Å²) in [6.45, 7) is 0. The van der Waals surface area contributed by atoms with Crippen molar-refractivity contribution in [1.29, 1.82) is 0 Å². The second-order valence-electron chi connectivity index (χ2n) is 3.76. The van der Waals surface area contributed by atoms with Crippen LogP contribution in [0.15, 0.2) is 11.2 Å². The molecule has 11 heteroatoms. The highest BCUT2D eigenvalue weighted by atomic mass is 35.5. The molecule has 0 saturated heterocycles. The van der Waals surface area contributed by atoms with Crippen LogP contribution in [0.2, 0.25) is 10.0 Å². The number of amides is 1. The molecule has 2 N–H and O–H groups in total. The largest absolute Gasteiger partial charge is 0.410 e. The number of Topliss-reactive ketones (excluding diaryl/α,β-unsaturated/α-hetero) is 2. The van der Waals surface area contributed by atoms with Crippen LogP contribution >= 0.6 is 23.2 Å². The molecule has 1 aliphatic heterocycles. The van der Waals surface area contributed by atoms with E-state index in [4.69, 9.17) is 28.4 Å². The van der Waals surface area contributed by atoms with E-state index in [0.717, 1.165) is 6.07 Å². The van der Waals surface area contributed by atoms with Crippen LogP contribution in [0.5, 0.6) is 0 Å². The molecule has 21 heavy (non-hydrogen) atoms. The number of fused-ring (bicyclic) bond motifs is 1. The van der Waals surface area contributed by atoms with E-state index >= 15 is 0 Å². The fourth-order valence-electron chi connectivity index (χ4n) is 1.71. The van der Waals surface area contributed by atoms with Gasteiger partial charge in [0.15, 0.2) is 0 Å². The summed E-state index contributed by atoms with van der Waals surface area (Å²) in [5.74, 6) is -4.13. The monoisotopic (exact) mass is 331 g/mol. The lowest BCUT2D eigenvalue weighted by molar-refractivity contribution is -0.384. The second-order valence-corrected chi connectivity index (χ2v) is 4.55. The van der Waals surface area contributed by atoms with Gasteiger partial charge in [0.1, 0.15) is 10.6 Å². The van der Waals surface area contributed by atoms with Crippen LogP contribution in [0, 0.1) is 10.1 Å². The van der Waals surface area contributed by atoms with Gasteiger partial charge in [0.25, 0.3) is 11.7 Å². The third-order valence-electron chi connectivity index (χ3n) is 2.59. The topological polar surface area (TPSA) is 139 Å². The van der Waals surface area contributed by atoms with Crippen LogP contribution in [-0.2, 0) is 9.59 Å². The first-order valence-corrected chi connectivity index (χ1v) is 5.84. The maximum absolute atomic E-state index is 12.0. The van der Waals surface area contributed by atoms with Gasteiger partial charge in [-0.3, -0.25) is 24.5 Å². The van der Waals surface area contributed by atoms with E-state index in [9.17, 15) is 24.5 Å². The molecular weight excluding hydrogens is 329 g/mol. The molecular formula is C10H3Cl2N3O6. The zero-order chi connectivity index (χ0) is 15.9.